The van der Waals surface area contributed by atoms with Crippen LogP contribution in [0, 0.1) is 17.8 Å². The van der Waals surface area contributed by atoms with Gasteiger partial charge in [0.1, 0.15) is 6.29 Å². The van der Waals surface area contributed by atoms with Crippen molar-refractivity contribution in [3.05, 3.63) is 11.6 Å². The molecule has 0 bridgehead atoms. The first-order valence-electron chi connectivity index (χ1n) is 10.4. The number of nitrogens with two attached hydrogens (primary N) is 1. The van der Waals surface area contributed by atoms with Crippen LogP contribution in [0.25, 0.3) is 0 Å². The van der Waals surface area contributed by atoms with Crippen LogP contribution >= 0.6 is 0 Å². The highest BCUT2D eigenvalue weighted by Crippen LogP contribution is 2.40. The molecular formula is C22H41NO. The average Bonchev–Trinajstić information content (AvgIpc) is 2.63. The van der Waals surface area contributed by atoms with Gasteiger partial charge in [0.2, 0.25) is 0 Å². The third kappa shape index (κ3) is 8.46. The maximum Gasteiger partial charge on any atom is 0.145 e. The van der Waals surface area contributed by atoms with Gasteiger partial charge in [0.15, 0.2) is 0 Å². The summed E-state index contributed by atoms with van der Waals surface area (Å²) in [7, 11) is 0. The molecule has 0 heterocycles. The highest BCUT2D eigenvalue weighted by atomic mass is 16.1. The van der Waals surface area contributed by atoms with E-state index in [1.54, 1.807) is 13.0 Å². The van der Waals surface area contributed by atoms with Gasteiger partial charge in [0.05, 0.1) is 0 Å². The molecule has 2 aliphatic rings. The number of unbranched alkanes of at least 4 members (excludes halogenated alkanes) is 2. The molecule has 0 aromatic rings. The lowest BCUT2D eigenvalue weighted by atomic mass is 9.70. The Morgan fingerprint density at radius 2 is 1.50 bits per heavy atom. The smallest absolute Gasteiger partial charge is 0.145 e. The molecule has 0 radical (unpaired) electrons. The van der Waals surface area contributed by atoms with Crippen molar-refractivity contribution in [2.45, 2.75) is 104 Å². The maximum atomic E-state index is 9.67. The summed E-state index contributed by atoms with van der Waals surface area (Å²) in [5, 5.41) is 0. The molecule has 2 fully saturated rings. The van der Waals surface area contributed by atoms with Crippen LogP contribution < -0.4 is 5.73 Å². The molecule has 0 amide bonds. The summed E-state index contributed by atoms with van der Waals surface area (Å²) in [5.74, 6) is 3.15. The number of aldehydes is 1. The molecule has 0 aliphatic heterocycles. The summed E-state index contributed by atoms with van der Waals surface area (Å²) in [4.78, 5) is 9.67. The lowest BCUT2D eigenvalue weighted by Gasteiger charge is -2.37. The predicted molar refractivity (Wildman–Crippen MR) is 105 cm³/mol. The zero-order valence-corrected chi connectivity index (χ0v) is 16.4. The van der Waals surface area contributed by atoms with Crippen LogP contribution in [-0.2, 0) is 4.79 Å². The number of hydrogen-bond acceptors (Lipinski definition) is 2. The second-order valence-corrected chi connectivity index (χ2v) is 8.10. The summed E-state index contributed by atoms with van der Waals surface area (Å²) in [6.07, 6.45) is 19.9. The van der Waals surface area contributed by atoms with E-state index in [-0.39, 0.29) is 0 Å². The van der Waals surface area contributed by atoms with Crippen molar-refractivity contribution in [1.82, 2.24) is 0 Å². The molecule has 0 spiro atoms. The van der Waals surface area contributed by atoms with Crippen molar-refractivity contribution in [3.63, 3.8) is 0 Å². The van der Waals surface area contributed by atoms with Crippen molar-refractivity contribution < 1.29 is 4.79 Å². The van der Waals surface area contributed by atoms with E-state index in [9.17, 15) is 4.79 Å². The van der Waals surface area contributed by atoms with Crippen molar-refractivity contribution >= 4 is 6.29 Å². The molecule has 2 aliphatic carbocycles. The Hall–Kier alpha value is -0.630. The van der Waals surface area contributed by atoms with Gasteiger partial charge in [-0.25, -0.2) is 0 Å². The molecule has 0 saturated heterocycles. The highest BCUT2D eigenvalue weighted by molar-refractivity contribution is 5.71. The van der Waals surface area contributed by atoms with E-state index in [4.69, 9.17) is 5.73 Å². The predicted octanol–water partition coefficient (Wildman–Crippen LogP) is 6.04. The van der Waals surface area contributed by atoms with Crippen LogP contribution in [0.2, 0.25) is 0 Å². The minimum Gasteiger partial charge on any atom is -0.328 e. The lowest BCUT2D eigenvalue weighted by molar-refractivity contribution is -0.104. The molecule has 0 aromatic carbocycles. The van der Waals surface area contributed by atoms with E-state index < -0.39 is 0 Å². The van der Waals surface area contributed by atoms with E-state index in [2.05, 4.69) is 6.92 Å². The van der Waals surface area contributed by atoms with Crippen LogP contribution in [0.5, 0.6) is 0 Å². The quantitative estimate of drug-likeness (QED) is 0.365. The Bertz CT molecular complexity index is 347. The molecule has 0 unspecified atom stereocenters. The topological polar surface area (TPSA) is 43.1 Å². The van der Waals surface area contributed by atoms with Gasteiger partial charge in [-0.05, 0) is 75.7 Å². The first-order chi connectivity index (χ1) is 11.6. The number of allylic oxidation sites excluding steroid dienone is 2. The van der Waals surface area contributed by atoms with Crippen LogP contribution in [-0.4, -0.2) is 12.3 Å². The third-order valence-electron chi connectivity index (χ3n) is 6.23. The molecule has 2 N–H and O–H groups in total. The SMILES string of the molecule is C/C=C(\C)C=O.CCCCCC1CCC(C2CCC(N)CC2)CC1. The van der Waals surface area contributed by atoms with Gasteiger partial charge < -0.3 is 5.73 Å². The molecule has 140 valence electrons. The van der Waals surface area contributed by atoms with Crippen molar-refractivity contribution in [2.24, 2.45) is 23.5 Å². The Balaban J connectivity index is 0.000000413. The number of rotatable bonds is 6. The summed E-state index contributed by atoms with van der Waals surface area (Å²) in [6.45, 7) is 5.92. The zero-order chi connectivity index (χ0) is 17.8. The first kappa shape index (κ1) is 21.4. The number of carbonyl (C=O) groups is 1. The van der Waals surface area contributed by atoms with Gasteiger partial charge in [-0.15, -0.1) is 0 Å². The highest BCUT2D eigenvalue weighted by Gasteiger charge is 2.29. The third-order valence-corrected chi connectivity index (χ3v) is 6.23. The Morgan fingerprint density at radius 3 is 1.92 bits per heavy atom. The van der Waals surface area contributed by atoms with E-state index in [1.165, 1.54) is 77.0 Å². The van der Waals surface area contributed by atoms with Crippen LogP contribution in [0.15, 0.2) is 11.6 Å². The summed E-state index contributed by atoms with van der Waals surface area (Å²) in [6, 6.07) is 0.520. The summed E-state index contributed by atoms with van der Waals surface area (Å²) < 4.78 is 0. The molecule has 2 rings (SSSR count). The molecule has 0 aromatic heterocycles. The van der Waals surface area contributed by atoms with Crippen molar-refractivity contribution in [1.29, 1.82) is 0 Å². The zero-order valence-electron chi connectivity index (χ0n) is 16.4. The molecular weight excluding hydrogens is 294 g/mol. The van der Waals surface area contributed by atoms with Crippen LogP contribution in [0.3, 0.4) is 0 Å². The van der Waals surface area contributed by atoms with E-state index in [0.717, 1.165) is 29.6 Å². The lowest BCUT2D eigenvalue weighted by Crippen LogP contribution is -2.31. The Labute approximate surface area is 150 Å². The van der Waals surface area contributed by atoms with Gasteiger partial charge in [-0.1, -0.05) is 51.5 Å². The van der Waals surface area contributed by atoms with Gasteiger partial charge in [-0.3, -0.25) is 4.79 Å². The van der Waals surface area contributed by atoms with Gasteiger partial charge in [0, 0.05) is 6.04 Å². The van der Waals surface area contributed by atoms with Crippen molar-refractivity contribution in [2.75, 3.05) is 0 Å². The number of carbonyl (C=O) groups excluding carboxylic acids is 1. The van der Waals surface area contributed by atoms with E-state index in [1.807, 2.05) is 6.92 Å². The summed E-state index contributed by atoms with van der Waals surface area (Å²) >= 11 is 0. The van der Waals surface area contributed by atoms with Gasteiger partial charge in [-0.2, -0.15) is 0 Å². The fourth-order valence-corrected chi connectivity index (χ4v) is 4.32. The van der Waals surface area contributed by atoms with Gasteiger partial charge >= 0.3 is 0 Å². The molecule has 0 atom stereocenters. The van der Waals surface area contributed by atoms with E-state index >= 15 is 0 Å². The van der Waals surface area contributed by atoms with Crippen LogP contribution in [0.4, 0.5) is 0 Å². The Morgan fingerprint density at radius 1 is 0.958 bits per heavy atom. The minimum atomic E-state index is 0.520. The standard InChI is InChI=1S/C17H33N.C5H8O/c1-2-3-4-5-14-6-8-15(9-7-14)16-10-12-17(18)13-11-16;1-3-5(2)4-6/h14-17H,2-13,18H2,1H3;3-4H,1-2H3/b;5-3+. The molecule has 2 heteroatoms. The van der Waals surface area contributed by atoms with Gasteiger partial charge in [0.25, 0.3) is 0 Å². The molecule has 2 saturated carbocycles. The Kier molecular flexibility index (Phi) is 11.3. The second-order valence-electron chi connectivity index (χ2n) is 8.10. The monoisotopic (exact) mass is 335 g/mol. The van der Waals surface area contributed by atoms with E-state index in [0.29, 0.717) is 6.04 Å². The first-order valence-corrected chi connectivity index (χ1v) is 10.4. The second kappa shape index (κ2) is 12.7. The molecule has 2 nitrogen and oxygen atoms in total. The van der Waals surface area contributed by atoms with Crippen LogP contribution in [0.1, 0.15) is 97.8 Å². The number of hydrogen-bond donors (Lipinski definition) is 1. The average molecular weight is 336 g/mol. The minimum absolute atomic E-state index is 0.520. The van der Waals surface area contributed by atoms with Crippen molar-refractivity contribution in [3.8, 4) is 0 Å². The molecule has 24 heavy (non-hydrogen) atoms. The normalized spacial score (nSPS) is 31.1. The summed E-state index contributed by atoms with van der Waals surface area (Å²) in [5.41, 5.74) is 6.80. The fourth-order valence-electron chi connectivity index (χ4n) is 4.32. The fraction of sp³-hybridized carbons (Fsp3) is 0.864. The largest absolute Gasteiger partial charge is 0.328 e. The maximum absolute atomic E-state index is 9.67.